The third kappa shape index (κ3) is 4.18. The molecule has 0 amide bonds. The number of methoxy groups -OCH3 is 1. The number of hydrogen-bond donors (Lipinski definition) is 0. The maximum atomic E-state index is 13.0. The molecular weight excluding hydrogens is 452 g/mol. The number of fused-ring (bicyclic) bond motifs is 1. The van der Waals surface area contributed by atoms with Crippen molar-refractivity contribution in [2.24, 2.45) is 0 Å². The summed E-state index contributed by atoms with van der Waals surface area (Å²) in [4.78, 5) is 17.2. The number of carbonyl (C=O) groups excluding carboxylic acids is 1. The lowest BCUT2D eigenvalue weighted by Gasteiger charge is -2.18. The van der Waals surface area contributed by atoms with E-state index >= 15 is 0 Å². The summed E-state index contributed by atoms with van der Waals surface area (Å²) in [5.41, 5.74) is 2.16. The number of ether oxygens (including phenoxy) is 2. The van der Waals surface area contributed by atoms with Crippen molar-refractivity contribution in [2.75, 3.05) is 20.2 Å². The zero-order chi connectivity index (χ0) is 22.9. The first-order valence-electron chi connectivity index (χ1n) is 10.2. The molecule has 0 aliphatic carbocycles. The van der Waals surface area contributed by atoms with Crippen LogP contribution in [-0.2, 0) is 21.4 Å². The predicted octanol–water partition coefficient (Wildman–Crippen LogP) is 4.35. The van der Waals surface area contributed by atoms with Crippen molar-refractivity contribution >= 4 is 38.5 Å². The van der Waals surface area contributed by atoms with E-state index < -0.39 is 16.0 Å². The number of aromatic nitrogens is 1. The standard InChI is InChI=1S/C23H23ClN2O5S/c1-15-17-7-3-4-8-18(17)25-19(22(15)24)14-31-23(27)16-9-10-20(30-2)21(13-16)32(28,29)26-11-5-6-12-26/h3-4,7-10,13H,5-6,11-12,14H2,1-2H3. The summed E-state index contributed by atoms with van der Waals surface area (Å²) in [5.74, 6) is -0.488. The molecule has 1 aromatic heterocycles. The van der Waals surface area contributed by atoms with Crippen LogP contribution < -0.4 is 4.74 Å². The van der Waals surface area contributed by atoms with Gasteiger partial charge in [0.05, 0.1) is 28.9 Å². The van der Waals surface area contributed by atoms with E-state index in [4.69, 9.17) is 21.1 Å². The molecule has 0 spiro atoms. The number of hydrogen-bond acceptors (Lipinski definition) is 6. The molecule has 7 nitrogen and oxygen atoms in total. The number of pyridine rings is 1. The SMILES string of the molecule is COc1ccc(C(=O)OCc2nc3ccccc3c(C)c2Cl)cc1S(=O)(=O)N1CCCC1. The van der Waals surface area contributed by atoms with E-state index in [1.165, 1.54) is 29.6 Å². The van der Waals surface area contributed by atoms with E-state index in [0.717, 1.165) is 29.3 Å². The third-order valence-corrected chi connectivity index (χ3v) is 7.99. The fourth-order valence-corrected chi connectivity index (χ4v) is 5.70. The van der Waals surface area contributed by atoms with Crippen LogP contribution in [0.1, 0.15) is 34.5 Å². The molecule has 1 aliphatic rings. The minimum absolute atomic E-state index is 0.0472. The summed E-state index contributed by atoms with van der Waals surface area (Å²) in [6, 6.07) is 11.8. The van der Waals surface area contributed by atoms with Crippen LogP contribution in [0.5, 0.6) is 5.75 Å². The summed E-state index contributed by atoms with van der Waals surface area (Å²) in [7, 11) is -2.38. The average molecular weight is 475 g/mol. The van der Waals surface area contributed by atoms with Gasteiger partial charge in [0.15, 0.2) is 0 Å². The zero-order valence-electron chi connectivity index (χ0n) is 17.8. The van der Waals surface area contributed by atoms with Crippen LogP contribution in [0, 0.1) is 6.92 Å². The fraction of sp³-hybridized carbons (Fsp3) is 0.304. The Bertz CT molecular complexity index is 1290. The molecule has 4 rings (SSSR count). The molecule has 2 aromatic carbocycles. The van der Waals surface area contributed by atoms with Crippen molar-refractivity contribution in [3.05, 3.63) is 64.3 Å². The first-order valence-corrected chi connectivity index (χ1v) is 12.0. The summed E-state index contributed by atoms with van der Waals surface area (Å²) in [5, 5.41) is 1.36. The van der Waals surface area contributed by atoms with Gasteiger partial charge in [0.25, 0.3) is 0 Å². The van der Waals surface area contributed by atoms with Crippen LogP contribution in [0.2, 0.25) is 5.02 Å². The summed E-state index contributed by atoms with van der Waals surface area (Å²) in [6.07, 6.45) is 1.62. The number of rotatable bonds is 6. The van der Waals surface area contributed by atoms with Crippen molar-refractivity contribution in [2.45, 2.75) is 31.3 Å². The lowest BCUT2D eigenvalue weighted by Crippen LogP contribution is -2.28. The van der Waals surface area contributed by atoms with Gasteiger partial charge in [0.2, 0.25) is 10.0 Å². The van der Waals surface area contributed by atoms with Gasteiger partial charge >= 0.3 is 5.97 Å². The van der Waals surface area contributed by atoms with Crippen molar-refractivity contribution in [3.63, 3.8) is 0 Å². The maximum Gasteiger partial charge on any atom is 0.338 e. The van der Waals surface area contributed by atoms with E-state index in [9.17, 15) is 13.2 Å². The highest BCUT2D eigenvalue weighted by molar-refractivity contribution is 7.89. The van der Waals surface area contributed by atoms with Crippen LogP contribution in [0.25, 0.3) is 10.9 Å². The Kier molecular flexibility index (Phi) is 6.37. The Morgan fingerprint density at radius 1 is 1.16 bits per heavy atom. The predicted molar refractivity (Wildman–Crippen MR) is 122 cm³/mol. The Morgan fingerprint density at radius 3 is 2.59 bits per heavy atom. The number of esters is 1. The number of nitrogens with zero attached hydrogens (tertiary/aromatic N) is 2. The summed E-state index contributed by atoms with van der Waals surface area (Å²) >= 11 is 6.44. The van der Waals surface area contributed by atoms with Crippen LogP contribution in [-0.4, -0.2) is 43.9 Å². The van der Waals surface area contributed by atoms with Crippen molar-refractivity contribution in [1.29, 1.82) is 0 Å². The number of para-hydroxylation sites is 1. The number of aryl methyl sites for hydroxylation is 1. The molecule has 32 heavy (non-hydrogen) atoms. The largest absolute Gasteiger partial charge is 0.495 e. The normalized spacial score (nSPS) is 14.6. The molecule has 0 radical (unpaired) electrons. The second kappa shape index (κ2) is 9.05. The summed E-state index contributed by atoms with van der Waals surface area (Å²) in [6.45, 7) is 2.65. The van der Waals surface area contributed by atoms with Gasteiger partial charge in [-0.2, -0.15) is 4.31 Å². The highest BCUT2D eigenvalue weighted by atomic mass is 35.5. The van der Waals surface area contributed by atoms with Gasteiger partial charge in [-0.05, 0) is 49.6 Å². The molecule has 1 aliphatic heterocycles. The third-order valence-electron chi connectivity index (χ3n) is 5.57. The van der Waals surface area contributed by atoms with Gasteiger partial charge in [0, 0.05) is 18.5 Å². The second-order valence-corrected chi connectivity index (χ2v) is 9.85. The quantitative estimate of drug-likeness (QED) is 0.494. The number of carbonyl (C=O) groups is 1. The molecule has 0 unspecified atom stereocenters. The molecule has 0 bridgehead atoms. The van der Waals surface area contributed by atoms with Crippen LogP contribution >= 0.6 is 11.6 Å². The van der Waals surface area contributed by atoms with Crippen molar-refractivity contribution in [1.82, 2.24) is 9.29 Å². The van der Waals surface area contributed by atoms with Gasteiger partial charge in [0.1, 0.15) is 17.3 Å². The number of benzene rings is 2. The van der Waals surface area contributed by atoms with E-state index in [1.807, 2.05) is 31.2 Å². The van der Waals surface area contributed by atoms with Gasteiger partial charge < -0.3 is 9.47 Å². The van der Waals surface area contributed by atoms with Crippen molar-refractivity contribution in [3.8, 4) is 5.75 Å². The monoisotopic (exact) mass is 474 g/mol. The number of sulfonamides is 1. The maximum absolute atomic E-state index is 13.0. The molecular formula is C23H23ClN2O5S. The Hall–Kier alpha value is -2.68. The van der Waals surface area contributed by atoms with Gasteiger partial charge in [-0.15, -0.1) is 0 Å². The Morgan fingerprint density at radius 2 is 1.88 bits per heavy atom. The molecule has 1 fully saturated rings. The Labute approximate surface area is 192 Å². The molecule has 2 heterocycles. The first kappa shape index (κ1) is 22.5. The van der Waals surface area contributed by atoms with E-state index in [2.05, 4.69) is 4.98 Å². The fourth-order valence-electron chi connectivity index (χ4n) is 3.80. The van der Waals surface area contributed by atoms with Crippen LogP contribution in [0.3, 0.4) is 0 Å². The average Bonchev–Trinajstić information content (AvgIpc) is 3.36. The molecule has 0 saturated carbocycles. The molecule has 9 heteroatoms. The molecule has 1 saturated heterocycles. The molecule has 168 valence electrons. The lowest BCUT2D eigenvalue weighted by atomic mass is 10.1. The minimum Gasteiger partial charge on any atom is -0.495 e. The highest BCUT2D eigenvalue weighted by Gasteiger charge is 2.31. The molecule has 0 N–H and O–H groups in total. The lowest BCUT2D eigenvalue weighted by molar-refractivity contribution is 0.0468. The van der Waals surface area contributed by atoms with E-state index in [0.29, 0.717) is 23.8 Å². The van der Waals surface area contributed by atoms with E-state index in [-0.39, 0.29) is 22.8 Å². The van der Waals surface area contributed by atoms with Gasteiger partial charge in [-0.25, -0.2) is 18.2 Å². The molecule has 0 atom stereocenters. The van der Waals surface area contributed by atoms with Gasteiger partial charge in [-0.1, -0.05) is 29.8 Å². The van der Waals surface area contributed by atoms with Crippen LogP contribution in [0.15, 0.2) is 47.4 Å². The highest BCUT2D eigenvalue weighted by Crippen LogP contribution is 2.31. The van der Waals surface area contributed by atoms with Crippen molar-refractivity contribution < 1.29 is 22.7 Å². The Balaban J connectivity index is 1.59. The van der Waals surface area contributed by atoms with Gasteiger partial charge in [-0.3, -0.25) is 0 Å². The summed E-state index contributed by atoms with van der Waals surface area (Å²) < 4.78 is 38.2. The topological polar surface area (TPSA) is 85.8 Å². The number of halogens is 1. The van der Waals surface area contributed by atoms with Crippen LogP contribution in [0.4, 0.5) is 0 Å². The molecule has 3 aromatic rings. The first-order chi connectivity index (χ1) is 15.3. The smallest absolute Gasteiger partial charge is 0.338 e. The second-order valence-electron chi connectivity index (χ2n) is 7.57. The zero-order valence-corrected chi connectivity index (χ0v) is 19.4. The van der Waals surface area contributed by atoms with E-state index in [1.54, 1.807) is 0 Å². The minimum atomic E-state index is -3.77.